The number of carboxylic acid groups (broad SMARTS) is 1. The fraction of sp³-hybridized carbons (Fsp3) is 0.0714. The Morgan fingerprint density at radius 1 is 1.20 bits per heavy atom. The summed E-state index contributed by atoms with van der Waals surface area (Å²) in [7, 11) is 0. The summed E-state index contributed by atoms with van der Waals surface area (Å²) < 4.78 is 0. The molecule has 0 unspecified atom stereocenters. The average Bonchev–Trinajstić information content (AvgIpc) is 2.45. The second-order valence-electron chi connectivity index (χ2n) is 4.12. The molecule has 1 aromatic carbocycles. The first-order valence-corrected chi connectivity index (χ1v) is 5.89. The van der Waals surface area contributed by atoms with Gasteiger partial charge in [-0.2, -0.15) is 0 Å². The molecule has 2 aromatic rings. The normalized spacial score (nSPS) is 10.0. The van der Waals surface area contributed by atoms with Crippen LogP contribution >= 0.6 is 0 Å². The Hall–Kier alpha value is -2.89. The maximum absolute atomic E-state index is 11.2. The van der Waals surface area contributed by atoms with Gasteiger partial charge in [-0.1, -0.05) is 12.1 Å². The molecule has 4 N–H and O–H groups in total. The van der Waals surface area contributed by atoms with Gasteiger partial charge >= 0.3 is 5.97 Å². The number of hydrogen-bond donors (Lipinski definition) is 3. The highest BCUT2D eigenvalue weighted by atomic mass is 16.4. The van der Waals surface area contributed by atoms with Crippen LogP contribution < -0.4 is 11.1 Å². The number of nitrogens with two attached hydrogens (primary N) is 1. The van der Waals surface area contributed by atoms with Crippen molar-refractivity contribution >= 4 is 17.7 Å². The molecule has 102 valence electrons. The molecule has 1 amide bonds. The quantitative estimate of drug-likeness (QED) is 0.764. The molecular weight excluding hydrogens is 258 g/mol. The third-order valence-electron chi connectivity index (χ3n) is 2.73. The highest BCUT2D eigenvalue weighted by molar-refractivity contribution is 5.97. The minimum atomic E-state index is -0.967. The number of aromatic carboxylic acids is 1. The number of carboxylic acids is 1. The summed E-state index contributed by atoms with van der Waals surface area (Å²) in [6.07, 6.45) is 1.56. The zero-order valence-corrected chi connectivity index (χ0v) is 10.5. The van der Waals surface area contributed by atoms with E-state index in [9.17, 15) is 9.59 Å². The van der Waals surface area contributed by atoms with Crippen molar-refractivity contribution in [3.8, 4) is 0 Å². The standard InChI is InChI=1S/C14H13N3O3/c15-12(18)11-2-1-7-16-13(11)17-8-9-3-5-10(6-4-9)14(19)20/h1-7H,8H2,(H2,15,18)(H,16,17)(H,19,20). The number of pyridine rings is 1. The number of anilines is 1. The molecular formula is C14H13N3O3. The second-order valence-corrected chi connectivity index (χ2v) is 4.12. The van der Waals surface area contributed by atoms with E-state index in [1.165, 1.54) is 12.1 Å². The molecule has 20 heavy (non-hydrogen) atoms. The van der Waals surface area contributed by atoms with Crippen LogP contribution in [0.15, 0.2) is 42.6 Å². The van der Waals surface area contributed by atoms with Crippen molar-refractivity contribution in [3.63, 3.8) is 0 Å². The first kappa shape index (κ1) is 13.5. The van der Waals surface area contributed by atoms with Crippen LogP contribution in [0.2, 0.25) is 0 Å². The van der Waals surface area contributed by atoms with E-state index < -0.39 is 11.9 Å². The lowest BCUT2D eigenvalue weighted by atomic mass is 10.1. The SMILES string of the molecule is NC(=O)c1cccnc1NCc1ccc(C(=O)O)cc1. The Labute approximate surface area is 115 Å². The number of primary amides is 1. The van der Waals surface area contributed by atoms with Crippen molar-refractivity contribution in [2.24, 2.45) is 5.73 Å². The van der Waals surface area contributed by atoms with Gasteiger partial charge in [0.25, 0.3) is 5.91 Å². The van der Waals surface area contributed by atoms with Crippen LogP contribution in [-0.2, 0) is 6.54 Å². The summed E-state index contributed by atoms with van der Waals surface area (Å²) in [6, 6.07) is 9.66. The molecule has 0 radical (unpaired) electrons. The number of nitrogens with zero attached hydrogens (tertiary/aromatic N) is 1. The number of carbonyl (C=O) groups excluding carboxylic acids is 1. The molecule has 0 bridgehead atoms. The van der Waals surface area contributed by atoms with Crippen molar-refractivity contribution in [1.29, 1.82) is 0 Å². The first-order valence-electron chi connectivity index (χ1n) is 5.89. The Morgan fingerprint density at radius 2 is 1.90 bits per heavy atom. The molecule has 0 aliphatic carbocycles. The fourth-order valence-electron chi connectivity index (χ4n) is 1.70. The van der Waals surface area contributed by atoms with E-state index in [1.807, 2.05) is 0 Å². The number of hydrogen-bond acceptors (Lipinski definition) is 4. The number of rotatable bonds is 5. The van der Waals surface area contributed by atoms with E-state index in [0.29, 0.717) is 17.9 Å². The van der Waals surface area contributed by atoms with Gasteiger partial charge in [-0.25, -0.2) is 9.78 Å². The topological polar surface area (TPSA) is 105 Å². The highest BCUT2D eigenvalue weighted by Crippen LogP contribution is 2.12. The van der Waals surface area contributed by atoms with Gasteiger partial charge in [0.1, 0.15) is 5.82 Å². The molecule has 1 aromatic heterocycles. The molecule has 2 rings (SSSR count). The van der Waals surface area contributed by atoms with E-state index in [4.69, 9.17) is 10.8 Å². The van der Waals surface area contributed by atoms with Crippen LogP contribution in [-0.4, -0.2) is 22.0 Å². The molecule has 0 saturated heterocycles. The van der Waals surface area contributed by atoms with Crippen LogP contribution in [0.1, 0.15) is 26.3 Å². The summed E-state index contributed by atoms with van der Waals surface area (Å²) in [5, 5.41) is 11.8. The summed E-state index contributed by atoms with van der Waals surface area (Å²) in [5.41, 5.74) is 6.66. The third kappa shape index (κ3) is 3.11. The van der Waals surface area contributed by atoms with E-state index >= 15 is 0 Å². The van der Waals surface area contributed by atoms with Gasteiger partial charge in [-0.3, -0.25) is 4.79 Å². The smallest absolute Gasteiger partial charge is 0.335 e. The molecule has 0 fully saturated rings. The van der Waals surface area contributed by atoms with Crippen LogP contribution in [0.5, 0.6) is 0 Å². The van der Waals surface area contributed by atoms with Gasteiger partial charge in [0, 0.05) is 12.7 Å². The maximum atomic E-state index is 11.2. The number of nitrogens with one attached hydrogen (secondary N) is 1. The molecule has 0 aliphatic rings. The van der Waals surface area contributed by atoms with Crippen molar-refractivity contribution in [1.82, 2.24) is 4.98 Å². The summed E-state index contributed by atoms with van der Waals surface area (Å²) in [4.78, 5) is 26.0. The lowest BCUT2D eigenvalue weighted by Gasteiger charge is -2.08. The second kappa shape index (κ2) is 5.83. The molecule has 0 saturated carbocycles. The molecule has 6 nitrogen and oxygen atoms in total. The van der Waals surface area contributed by atoms with Crippen LogP contribution in [0.25, 0.3) is 0 Å². The molecule has 1 heterocycles. The summed E-state index contributed by atoms with van der Waals surface area (Å²) in [6.45, 7) is 0.414. The van der Waals surface area contributed by atoms with Gasteiger partial charge < -0.3 is 16.2 Å². The number of aromatic nitrogens is 1. The maximum Gasteiger partial charge on any atom is 0.335 e. The van der Waals surface area contributed by atoms with E-state index in [0.717, 1.165) is 5.56 Å². The first-order chi connectivity index (χ1) is 9.58. The zero-order valence-electron chi connectivity index (χ0n) is 10.5. The Balaban J connectivity index is 2.09. The number of amides is 1. The van der Waals surface area contributed by atoms with E-state index in [-0.39, 0.29) is 5.56 Å². The lowest BCUT2D eigenvalue weighted by molar-refractivity contribution is 0.0696. The van der Waals surface area contributed by atoms with Crippen molar-refractivity contribution in [2.75, 3.05) is 5.32 Å². The van der Waals surface area contributed by atoms with Gasteiger partial charge in [0.2, 0.25) is 0 Å². The highest BCUT2D eigenvalue weighted by Gasteiger charge is 2.08. The predicted molar refractivity (Wildman–Crippen MR) is 73.5 cm³/mol. The Bertz CT molecular complexity index is 638. The summed E-state index contributed by atoms with van der Waals surface area (Å²) in [5.74, 6) is -1.12. The average molecular weight is 271 g/mol. The monoisotopic (exact) mass is 271 g/mol. The molecule has 6 heteroatoms. The molecule has 0 atom stereocenters. The van der Waals surface area contributed by atoms with Gasteiger partial charge in [-0.15, -0.1) is 0 Å². The Kier molecular flexibility index (Phi) is 3.95. The van der Waals surface area contributed by atoms with Crippen LogP contribution in [0.3, 0.4) is 0 Å². The van der Waals surface area contributed by atoms with Crippen molar-refractivity contribution in [3.05, 3.63) is 59.3 Å². The zero-order chi connectivity index (χ0) is 14.5. The Morgan fingerprint density at radius 3 is 2.50 bits per heavy atom. The molecule has 0 spiro atoms. The minimum Gasteiger partial charge on any atom is -0.478 e. The van der Waals surface area contributed by atoms with Gasteiger partial charge in [0.05, 0.1) is 11.1 Å². The van der Waals surface area contributed by atoms with Crippen LogP contribution in [0, 0.1) is 0 Å². The summed E-state index contributed by atoms with van der Waals surface area (Å²) >= 11 is 0. The van der Waals surface area contributed by atoms with Crippen molar-refractivity contribution in [2.45, 2.75) is 6.54 Å². The van der Waals surface area contributed by atoms with E-state index in [2.05, 4.69) is 10.3 Å². The predicted octanol–water partition coefficient (Wildman–Crippen LogP) is 1.49. The fourth-order valence-corrected chi connectivity index (χ4v) is 1.70. The third-order valence-corrected chi connectivity index (χ3v) is 2.73. The lowest BCUT2D eigenvalue weighted by Crippen LogP contribution is -2.15. The van der Waals surface area contributed by atoms with E-state index in [1.54, 1.807) is 30.5 Å². The largest absolute Gasteiger partial charge is 0.478 e. The molecule has 0 aliphatic heterocycles. The van der Waals surface area contributed by atoms with Crippen LogP contribution in [0.4, 0.5) is 5.82 Å². The number of carbonyl (C=O) groups is 2. The van der Waals surface area contributed by atoms with Crippen molar-refractivity contribution < 1.29 is 14.7 Å². The van der Waals surface area contributed by atoms with Gasteiger partial charge in [-0.05, 0) is 29.8 Å². The number of benzene rings is 1. The van der Waals surface area contributed by atoms with Gasteiger partial charge in [0.15, 0.2) is 0 Å². The minimum absolute atomic E-state index is 0.226.